The Morgan fingerprint density at radius 3 is 0.545 bits per heavy atom. The Morgan fingerprint density at radius 1 is 0.500 bits per heavy atom. The Morgan fingerprint density at radius 2 is 0.545 bits per heavy atom. The van der Waals surface area contributed by atoms with E-state index in [2.05, 4.69) is 0 Å². The van der Waals surface area contributed by atoms with Crippen molar-refractivity contribution in [3.63, 3.8) is 0 Å². The summed E-state index contributed by atoms with van der Waals surface area (Å²) in [4.78, 5) is 26.7. The Labute approximate surface area is 143 Å². The minimum Gasteiger partial charge on any atom is -0.475 e. The summed E-state index contributed by atoms with van der Waals surface area (Å²) in [6.07, 6.45) is -15.3. The van der Waals surface area contributed by atoms with Gasteiger partial charge in [0.15, 0.2) is 0 Å². The van der Waals surface area contributed by atoms with Crippen molar-refractivity contribution in [3.05, 3.63) is 0 Å². The second kappa shape index (κ2) is 10.7. The van der Waals surface area contributed by atoms with E-state index >= 15 is 0 Å². The fourth-order valence-electron chi connectivity index (χ4n) is 0. The molecule has 0 spiro atoms. The third-order valence-electron chi connectivity index (χ3n) is 0.728. The van der Waals surface area contributed by atoms with Crippen LogP contribution in [0.15, 0.2) is 0 Å². The zero-order valence-corrected chi connectivity index (χ0v) is 11.3. The second-order valence-electron chi connectivity index (χ2n) is 2.41. The zero-order valence-electron chi connectivity index (χ0n) is 9.28. The SMILES string of the molecule is O=C(O)C(F)(F)F.O=C(O)C(F)(F)F.O=C(O)C(F)(F)F.[Dy]. The summed E-state index contributed by atoms with van der Waals surface area (Å²) in [6, 6.07) is 0. The summed E-state index contributed by atoms with van der Waals surface area (Å²) in [6.45, 7) is 0. The van der Waals surface area contributed by atoms with E-state index in [1.165, 1.54) is 0 Å². The summed E-state index contributed by atoms with van der Waals surface area (Å²) >= 11 is 0. The molecule has 0 saturated carbocycles. The van der Waals surface area contributed by atoms with E-state index in [0.29, 0.717) is 0 Å². The molecule has 16 heteroatoms. The minimum atomic E-state index is -5.08. The number of carboxylic acid groups (broad SMARTS) is 3. The van der Waals surface area contributed by atoms with Gasteiger partial charge in [0, 0.05) is 38.2 Å². The smallest absolute Gasteiger partial charge is 0.475 e. The Kier molecular flexibility index (Phi) is 14.2. The first-order valence-corrected chi connectivity index (χ1v) is 3.73. The molecule has 0 unspecified atom stereocenters. The largest absolute Gasteiger partial charge is 0.490 e. The van der Waals surface area contributed by atoms with Crippen LogP contribution in [0.1, 0.15) is 0 Å². The van der Waals surface area contributed by atoms with Crippen molar-refractivity contribution in [1.29, 1.82) is 0 Å². The summed E-state index contributed by atoms with van der Waals surface area (Å²) in [5.41, 5.74) is 0. The molecule has 22 heavy (non-hydrogen) atoms. The first kappa shape index (κ1) is 29.1. The first-order chi connectivity index (χ1) is 8.83. The van der Waals surface area contributed by atoms with Crippen molar-refractivity contribution < 1.29 is 107 Å². The van der Waals surface area contributed by atoms with Crippen molar-refractivity contribution in [3.8, 4) is 0 Å². The summed E-state index contributed by atoms with van der Waals surface area (Å²) in [5.74, 6) is -8.27. The first-order valence-electron chi connectivity index (χ1n) is 3.73. The van der Waals surface area contributed by atoms with Crippen LogP contribution in [-0.4, -0.2) is 51.8 Å². The molecule has 0 atom stereocenters. The van der Waals surface area contributed by atoms with Crippen LogP contribution in [0.2, 0.25) is 0 Å². The topological polar surface area (TPSA) is 112 Å². The normalized spacial score (nSPS) is 10.8. The molecule has 0 aromatic rings. The van der Waals surface area contributed by atoms with Crippen molar-refractivity contribution in [2.75, 3.05) is 0 Å². The number of rotatable bonds is 0. The average Bonchev–Trinajstić information content (AvgIpc) is 2.14. The van der Waals surface area contributed by atoms with Gasteiger partial charge in [-0.25, -0.2) is 14.4 Å². The maximum absolute atomic E-state index is 10.6. The van der Waals surface area contributed by atoms with Crippen LogP contribution >= 0.6 is 0 Å². The van der Waals surface area contributed by atoms with Crippen LogP contribution in [0.3, 0.4) is 0 Å². The molecule has 0 rings (SSSR count). The van der Waals surface area contributed by atoms with E-state index in [-0.39, 0.29) is 38.2 Å². The molecule has 0 bridgehead atoms. The van der Waals surface area contributed by atoms with E-state index in [1.54, 1.807) is 0 Å². The fourth-order valence-corrected chi connectivity index (χ4v) is 0. The van der Waals surface area contributed by atoms with Crippen molar-refractivity contribution in [2.45, 2.75) is 18.5 Å². The quantitative estimate of drug-likeness (QED) is 0.435. The van der Waals surface area contributed by atoms with Crippen LogP contribution in [0.4, 0.5) is 39.5 Å². The molecule has 3 N–H and O–H groups in total. The molecule has 0 aliphatic carbocycles. The van der Waals surface area contributed by atoms with E-state index < -0.39 is 36.4 Å². The van der Waals surface area contributed by atoms with Gasteiger partial charge in [0.05, 0.1) is 0 Å². The van der Waals surface area contributed by atoms with E-state index in [0.717, 1.165) is 0 Å². The van der Waals surface area contributed by atoms with Crippen LogP contribution in [0.25, 0.3) is 0 Å². The fraction of sp³-hybridized carbons (Fsp3) is 0.500. The number of hydrogen-bond donors (Lipinski definition) is 3. The molecular formula is C6H3DyF9O6. The third kappa shape index (κ3) is 21.4. The average molecular weight is 505 g/mol. The molecule has 6 nitrogen and oxygen atoms in total. The van der Waals surface area contributed by atoms with Gasteiger partial charge in [-0.2, -0.15) is 39.5 Å². The van der Waals surface area contributed by atoms with Crippen molar-refractivity contribution in [2.24, 2.45) is 0 Å². The number of carboxylic acids is 3. The number of halogens is 9. The number of alkyl halides is 9. The molecule has 0 saturated heterocycles. The Bertz CT molecular complexity index is 313. The number of aliphatic carboxylic acids is 3. The van der Waals surface area contributed by atoms with Gasteiger partial charge in [-0.3, -0.25) is 0 Å². The maximum Gasteiger partial charge on any atom is 0.490 e. The van der Waals surface area contributed by atoms with E-state index in [4.69, 9.17) is 29.7 Å². The van der Waals surface area contributed by atoms with Gasteiger partial charge in [0.2, 0.25) is 0 Å². The van der Waals surface area contributed by atoms with E-state index in [9.17, 15) is 39.5 Å². The van der Waals surface area contributed by atoms with Gasteiger partial charge in [-0.1, -0.05) is 0 Å². The third-order valence-corrected chi connectivity index (χ3v) is 0.728. The monoisotopic (exact) mass is 506 g/mol. The van der Waals surface area contributed by atoms with Crippen LogP contribution in [0, 0.1) is 38.2 Å². The van der Waals surface area contributed by atoms with Gasteiger partial charge in [0.1, 0.15) is 0 Å². The number of carbonyl (C=O) groups is 3. The maximum atomic E-state index is 10.6. The summed E-state index contributed by atoms with van der Waals surface area (Å²) in [7, 11) is 0. The van der Waals surface area contributed by atoms with Crippen LogP contribution < -0.4 is 0 Å². The predicted molar refractivity (Wildman–Crippen MR) is 41.1 cm³/mol. The standard InChI is InChI=1S/3C2HF3O2.Dy/c3*3-2(4,5)1(6)7;/h3*(H,6,7);. The number of hydrogen-bond acceptors (Lipinski definition) is 3. The molecule has 0 heterocycles. The molecule has 0 aliphatic heterocycles. The van der Waals surface area contributed by atoms with Gasteiger partial charge >= 0.3 is 36.4 Å². The molecule has 0 aliphatic rings. The van der Waals surface area contributed by atoms with Crippen LogP contribution in [0.5, 0.6) is 0 Å². The van der Waals surface area contributed by atoms with Gasteiger partial charge < -0.3 is 15.3 Å². The molecule has 0 amide bonds. The molecule has 0 fully saturated rings. The molecule has 0 aromatic heterocycles. The predicted octanol–water partition coefficient (Wildman–Crippen LogP) is 1.90. The van der Waals surface area contributed by atoms with E-state index in [1.807, 2.05) is 0 Å². The summed E-state index contributed by atoms with van der Waals surface area (Å²) < 4.78 is 95.2. The van der Waals surface area contributed by atoms with Crippen LogP contribution in [-0.2, 0) is 14.4 Å². The Hall–Kier alpha value is -0.947. The van der Waals surface area contributed by atoms with Crippen molar-refractivity contribution >= 4 is 17.9 Å². The van der Waals surface area contributed by atoms with Gasteiger partial charge in [-0.15, -0.1) is 0 Å². The zero-order chi connectivity index (χ0) is 18.2. The molecule has 0 aromatic carbocycles. The molecule has 136 valence electrons. The summed E-state index contributed by atoms with van der Waals surface area (Å²) in [5, 5.41) is 21.4. The van der Waals surface area contributed by atoms with Crippen molar-refractivity contribution in [1.82, 2.24) is 0 Å². The molecule has 0 radical (unpaired) electrons. The van der Waals surface area contributed by atoms with Gasteiger partial charge in [-0.05, 0) is 0 Å². The minimum absolute atomic E-state index is 0. The second-order valence-corrected chi connectivity index (χ2v) is 2.41. The molecular weight excluding hydrogens is 502 g/mol. The van der Waals surface area contributed by atoms with Gasteiger partial charge in [0.25, 0.3) is 0 Å². The Balaban J connectivity index is -0.000000108.